The molecular formula is C13H17N3O2. The molecule has 0 saturated heterocycles. The monoisotopic (exact) mass is 247 g/mol. The zero-order valence-corrected chi connectivity index (χ0v) is 10.3. The molecule has 18 heavy (non-hydrogen) atoms. The Kier molecular flexibility index (Phi) is 3.94. The van der Waals surface area contributed by atoms with E-state index in [2.05, 4.69) is 15.3 Å². The van der Waals surface area contributed by atoms with Crippen molar-refractivity contribution in [2.75, 3.05) is 11.9 Å². The molecule has 0 bridgehead atoms. The third kappa shape index (κ3) is 2.68. The Hall–Kier alpha value is -1.88. The molecule has 2 rings (SSSR count). The number of para-hydroxylation sites is 1. The van der Waals surface area contributed by atoms with E-state index in [0.717, 1.165) is 6.42 Å². The van der Waals surface area contributed by atoms with Crippen LogP contribution in [0.2, 0.25) is 0 Å². The molecule has 0 aliphatic rings. The average molecular weight is 247 g/mol. The maximum atomic E-state index is 11.8. The van der Waals surface area contributed by atoms with Gasteiger partial charge < -0.3 is 10.4 Å². The third-order valence-corrected chi connectivity index (χ3v) is 2.92. The van der Waals surface area contributed by atoms with Gasteiger partial charge in [-0.2, -0.15) is 0 Å². The van der Waals surface area contributed by atoms with Crippen LogP contribution in [-0.4, -0.2) is 27.7 Å². The summed E-state index contributed by atoms with van der Waals surface area (Å²) in [6.07, 6.45) is 1.49. The number of aliphatic hydroxyl groups is 1. The molecule has 0 aliphatic carbocycles. The predicted octanol–water partition coefficient (Wildman–Crippen LogP) is 1.50. The molecule has 2 aromatic rings. The van der Waals surface area contributed by atoms with Crippen molar-refractivity contribution in [1.82, 2.24) is 9.97 Å². The zero-order chi connectivity index (χ0) is 13.0. The van der Waals surface area contributed by atoms with E-state index in [1.165, 1.54) is 0 Å². The lowest BCUT2D eigenvalue weighted by atomic mass is 10.1. The Morgan fingerprint density at radius 1 is 1.44 bits per heavy atom. The highest BCUT2D eigenvalue weighted by Crippen LogP contribution is 2.10. The van der Waals surface area contributed by atoms with Gasteiger partial charge in [0.2, 0.25) is 5.95 Å². The zero-order valence-electron chi connectivity index (χ0n) is 10.3. The van der Waals surface area contributed by atoms with Crippen molar-refractivity contribution in [3.63, 3.8) is 0 Å². The number of rotatable bonds is 5. The fourth-order valence-corrected chi connectivity index (χ4v) is 1.88. The summed E-state index contributed by atoms with van der Waals surface area (Å²) >= 11 is 0. The number of nitrogens with one attached hydrogen (secondary N) is 2. The third-order valence-electron chi connectivity index (χ3n) is 2.92. The molecule has 0 aliphatic heterocycles. The number of nitrogens with zero attached hydrogens (tertiary/aromatic N) is 1. The van der Waals surface area contributed by atoms with Gasteiger partial charge in [0.15, 0.2) is 0 Å². The van der Waals surface area contributed by atoms with Gasteiger partial charge in [-0.25, -0.2) is 4.98 Å². The molecule has 0 radical (unpaired) electrons. The number of aliphatic hydroxyl groups excluding tert-OH is 1. The normalized spacial score (nSPS) is 12.6. The minimum absolute atomic E-state index is 0.110. The molecule has 1 unspecified atom stereocenters. The summed E-state index contributed by atoms with van der Waals surface area (Å²) in [7, 11) is 0. The van der Waals surface area contributed by atoms with Gasteiger partial charge in [0.25, 0.3) is 5.56 Å². The Labute approximate surface area is 105 Å². The van der Waals surface area contributed by atoms with Gasteiger partial charge in [0, 0.05) is 12.6 Å². The molecule has 1 aromatic carbocycles. The first kappa shape index (κ1) is 12.6. The second-order valence-corrected chi connectivity index (χ2v) is 4.19. The van der Waals surface area contributed by atoms with E-state index in [4.69, 9.17) is 5.11 Å². The lowest BCUT2D eigenvalue weighted by molar-refractivity contribution is 0.278. The van der Waals surface area contributed by atoms with E-state index < -0.39 is 0 Å². The van der Waals surface area contributed by atoms with Gasteiger partial charge in [-0.15, -0.1) is 0 Å². The van der Waals surface area contributed by atoms with Crippen LogP contribution >= 0.6 is 0 Å². The van der Waals surface area contributed by atoms with Crippen LogP contribution in [0.25, 0.3) is 10.9 Å². The number of aromatic amines is 1. The van der Waals surface area contributed by atoms with Crippen molar-refractivity contribution in [3.05, 3.63) is 34.6 Å². The van der Waals surface area contributed by atoms with Crippen molar-refractivity contribution in [1.29, 1.82) is 0 Å². The number of aromatic nitrogens is 2. The van der Waals surface area contributed by atoms with Gasteiger partial charge in [-0.1, -0.05) is 19.1 Å². The largest absolute Gasteiger partial charge is 0.396 e. The molecule has 0 spiro atoms. The standard InChI is InChI=1S/C13H17N3O2/c1-2-9(7-8-17)14-13-15-11-6-4-3-5-10(11)12(18)16-13/h3-6,9,17H,2,7-8H2,1H3,(H2,14,15,16,18). The lowest BCUT2D eigenvalue weighted by Gasteiger charge is -2.16. The van der Waals surface area contributed by atoms with Crippen LogP contribution in [0, 0.1) is 0 Å². The first-order valence-electron chi connectivity index (χ1n) is 6.11. The Balaban J connectivity index is 2.32. The number of hydrogen-bond acceptors (Lipinski definition) is 4. The first-order chi connectivity index (χ1) is 8.74. The average Bonchev–Trinajstić information content (AvgIpc) is 2.38. The van der Waals surface area contributed by atoms with Gasteiger partial charge in [-0.3, -0.25) is 9.78 Å². The molecule has 5 heteroatoms. The molecular weight excluding hydrogens is 230 g/mol. The molecule has 1 aromatic heterocycles. The van der Waals surface area contributed by atoms with E-state index in [0.29, 0.717) is 23.3 Å². The van der Waals surface area contributed by atoms with Crippen LogP contribution in [0.4, 0.5) is 5.95 Å². The van der Waals surface area contributed by atoms with E-state index in [1.807, 2.05) is 25.1 Å². The molecule has 0 amide bonds. The highest BCUT2D eigenvalue weighted by Gasteiger charge is 2.08. The second-order valence-electron chi connectivity index (χ2n) is 4.19. The van der Waals surface area contributed by atoms with Crippen LogP contribution < -0.4 is 10.9 Å². The van der Waals surface area contributed by atoms with Gasteiger partial charge >= 0.3 is 0 Å². The van der Waals surface area contributed by atoms with Crippen LogP contribution in [0.15, 0.2) is 29.1 Å². The Morgan fingerprint density at radius 2 is 2.22 bits per heavy atom. The fraction of sp³-hybridized carbons (Fsp3) is 0.385. The molecule has 1 atom stereocenters. The highest BCUT2D eigenvalue weighted by molar-refractivity contribution is 5.78. The Morgan fingerprint density at radius 3 is 2.94 bits per heavy atom. The van der Waals surface area contributed by atoms with Crippen molar-refractivity contribution < 1.29 is 5.11 Å². The molecule has 5 nitrogen and oxygen atoms in total. The number of H-pyrrole nitrogens is 1. The van der Waals surface area contributed by atoms with Gasteiger partial charge in [-0.05, 0) is 25.0 Å². The summed E-state index contributed by atoms with van der Waals surface area (Å²) < 4.78 is 0. The molecule has 1 heterocycles. The maximum Gasteiger partial charge on any atom is 0.260 e. The smallest absolute Gasteiger partial charge is 0.260 e. The quantitative estimate of drug-likeness (QED) is 0.748. The minimum atomic E-state index is -0.151. The van der Waals surface area contributed by atoms with Crippen LogP contribution in [0.1, 0.15) is 19.8 Å². The fourth-order valence-electron chi connectivity index (χ4n) is 1.88. The first-order valence-corrected chi connectivity index (χ1v) is 6.11. The topological polar surface area (TPSA) is 78.0 Å². The van der Waals surface area contributed by atoms with Gasteiger partial charge in [0.05, 0.1) is 10.9 Å². The summed E-state index contributed by atoms with van der Waals surface area (Å²) in [4.78, 5) is 18.9. The molecule has 96 valence electrons. The summed E-state index contributed by atoms with van der Waals surface area (Å²) in [6, 6.07) is 7.33. The van der Waals surface area contributed by atoms with E-state index >= 15 is 0 Å². The summed E-state index contributed by atoms with van der Waals surface area (Å²) in [6.45, 7) is 2.13. The SMILES string of the molecule is CCC(CCO)Nc1nc2ccccc2c(=O)[nH]1. The van der Waals surface area contributed by atoms with Crippen molar-refractivity contribution in [2.24, 2.45) is 0 Å². The van der Waals surface area contributed by atoms with Crippen LogP contribution in [-0.2, 0) is 0 Å². The van der Waals surface area contributed by atoms with E-state index in [9.17, 15) is 4.79 Å². The number of anilines is 1. The number of benzene rings is 1. The summed E-state index contributed by atoms with van der Waals surface area (Å²) in [5, 5.41) is 12.7. The van der Waals surface area contributed by atoms with Crippen LogP contribution in [0.5, 0.6) is 0 Å². The van der Waals surface area contributed by atoms with Crippen molar-refractivity contribution in [2.45, 2.75) is 25.8 Å². The number of fused-ring (bicyclic) bond motifs is 1. The second kappa shape index (κ2) is 5.64. The van der Waals surface area contributed by atoms with Gasteiger partial charge in [0.1, 0.15) is 0 Å². The van der Waals surface area contributed by atoms with E-state index in [-0.39, 0.29) is 18.2 Å². The maximum absolute atomic E-state index is 11.8. The van der Waals surface area contributed by atoms with Crippen molar-refractivity contribution >= 4 is 16.9 Å². The summed E-state index contributed by atoms with van der Waals surface area (Å²) in [5.41, 5.74) is 0.518. The summed E-state index contributed by atoms with van der Waals surface area (Å²) in [5.74, 6) is 0.457. The minimum Gasteiger partial charge on any atom is -0.396 e. The van der Waals surface area contributed by atoms with Crippen LogP contribution in [0.3, 0.4) is 0 Å². The molecule has 3 N–H and O–H groups in total. The Bertz CT molecular complexity index is 580. The van der Waals surface area contributed by atoms with Crippen molar-refractivity contribution in [3.8, 4) is 0 Å². The molecule has 0 fully saturated rings. The number of hydrogen-bond donors (Lipinski definition) is 3. The lowest BCUT2D eigenvalue weighted by Crippen LogP contribution is -2.23. The predicted molar refractivity (Wildman–Crippen MR) is 71.8 cm³/mol. The molecule has 0 saturated carbocycles. The van der Waals surface area contributed by atoms with E-state index in [1.54, 1.807) is 6.07 Å². The highest BCUT2D eigenvalue weighted by atomic mass is 16.3.